The lowest BCUT2D eigenvalue weighted by atomic mass is 9.82. The Balaban J connectivity index is 1.52. The fourth-order valence-corrected chi connectivity index (χ4v) is 5.49. The van der Waals surface area contributed by atoms with Gasteiger partial charge in [-0.3, -0.25) is 4.79 Å². The van der Waals surface area contributed by atoms with Crippen molar-refractivity contribution in [3.8, 4) is 0 Å². The van der Waals surface area contributed by atoms with Gasteiger partial charge in [0.2, 0.25) is 5.91 Å². The quantitative estimate of drug-likeness (QED) is 0.183. The van der Waals surface area contributed by atoms with Crippen LogP contribution in [0.15, 0.2) is 79.5 Å². The van der Waals surface area contributed by atoms with Gasteiger partial charge in [-0.2, -0.15) is 0 Å². The molecule has 8 heteroatoms. The lowest BCUT2D eigenvalue weighted by Crippen LogP contribution is -2.62. The molecule has 200 valence electrons. The highest BCUT2D eigenvalue weighted by molar-refractivity contribution is 6.11. The molecular formula is C31H29NO7. The molecule has 0 aliphatic carbocycles. The lowest BCUT2D eigenvalue weighted by Gasteiger charge is -2.45. The summed E-state index contributed by atoms with van der Waals surface area (Å²) in [5, 5.41) is 13.5. The van der Waals surface area contributed by atoms with Crippen LogP contribution in [-0.2, 0) is 30.4 Å². The monoisotopic (exact) mass is 527 g/mol. The molecule has 1 amide bonds. The maximum atomic E-state index is 13.3. The van der Waals surface area contributed by atoms with E-state index in [4.69, 9.17) is 14.2 Å². The Bertz CT molecular complexity index is 1540. The third-order valence-corrected chi connectivity index (χ3v) is 7.27. The maximum absolute atomic E-state index is 13.3. The molecule has 1 N–H and O–H groups in total. The Morgan fingerprint density at radius 3 is 2.49 bits per heavy atom. The van der Waals surface area contributed by atoms with Crippen molar-refractivity contribution in [3.05, 3.63) is 90.7 Å². The summed E-state index contributed by atoms with van der Waals surface area (Å²) >= 11 is 0. The average molecular weight is 528 g/mol. The van der Waals surface area contributed by atoms with E-state index >= 15 is 0 Å². The van der Waals surface area contributed by atoms with Crippen LogP contribution >= 0.6 is 0 Å². The molecule has 2 aliphatic rings. The number of benzene rings is 3. The van der Waals surface area contributed by atoms with Crippen molar-refractivity contribution in [3.63, 3.8) is 0 Å². The molecule has 1 fully saturated rings. The number of carbonyl (C=O) groups is 3. The minimum absolute atomic E-state index is 0.00265. The van der Waals surface area contributed by atoms with Gasteiger partial charge in [0.15, 0.2) is 0 Å². The zero-order valence-corrected chi connectivity index (χ0v) is 21.6. The summed E-state index contributed by atoms with van der Waals surface area (Å²) in [7, 11) is 0. The van der Waals surface area contributed by atoms with Gasteiger partial charge in [0.1, 0.15) is 25.0 Å². The van der Waals surface area contributed by atoms with Crippen molar-refractivity contribution in [2.24, 2.45) is 5.92 Å². The average Bonchev–Trinajstić information content (AvgIpc) is 3.29. The second-order valence-corrected chi connectivity index (χ2v) is 9.61. The fraction of sp³-hybridized carbons (Fsp3) is 0.258. The van der Waals surface area contributed by atoms with Crippen LogP contribution in [0.25, 0.3) is 27.1 Å². The fourth-order valence-electron chi connectivity index (χ4n) is 5.49. The molecule has 2 heterocycles. The standard InChI is InChI=1S/C31H29NO7/c1-4-12-37-30(35)28-25(16-26-27(29(34)32(26)28)18(3)39-31(36)38-13-5-2)22-10-8-20-7-9-21-14-19(17-33)6-11-23(21)24(20)15-22/h4-11,14-15,18,26-27,33H,1-2,12-13,16-17H2,3H3/t18-,26-,27-/m1/s1. The first-order valence-electron chi connectivity index (χ1n) is 12.7. The van der Waals surface area contributed by atoms with E-state index < -0.39 is 24.1 Å². The van der Waals surface area contributed by atoms with Gasteiger partial charge in [-0.05, 0) is 63.7 Å². The zero-order chi connectivity index (χ0) is 27.7. The van der Waals surface area contributed by atoms with Crippen molar-refractivity contribution < 1.29 is 33.7 Å². The predicted molar refractivity (Wildman–Crippen MR) is 146 cm³/mol. The van der Waals surface area contributed by atoms with Crippen LogP contribution in [0.2, 0.25) is 0 Å². The van der Waals surface area contributed by atoms with Gasteiger partial charge in [-0.1, -0.05) is 61.7 Å². The molecule has 0 saturated carbocycles. The molecule has 2 aliphatic heterocycles. The minimum Gasteiger partial charge on any atom is -0.457 e. The van der Waals surface area contributed by atoms with Gasteiger partial charge in [0.25, 0.3) is 0 Å². The first kappa shape index (κ1) is 26.2. The normalized spacial score (nSPS) is 18.9. The number of esters is 1. The highest BCUT2D eigenvalue weighted by atomic mass is 16.7. The summed E-state index contributed by atoms with van der Waals surface area (Å²) < 4.78 is 15.6. The van der Waals surface area contributed by atoms with E-state index in [-0.39, 0.29) is 37.5 Å². The van der Waals surface area contributed by atoms with Crippen LogP contribution in [0.3, 0.4) is 0 Å². The van der Waals surface area contributed by atoms with E-state index in [9.17, 15) is 19.5 Å². The second-order valence-electron chi connectivity index (χ2n) is 9.61. The predicted octanol–water partition coefficient (Wildman–Crippen LogP) is 4.88. The molecule has 3 atom stereocenters. The molecular weight excluding hydrogens is 498 g/mol. The molecule has 0 unspecified atom stereocenters. The number of hydrogen-bond acceptors (Lipinski definition) is 7. The Kier molecular flexibility index (Phi) is 7.21. The number of hydrogen-bond donors (Lipinski definition) is 1. The van der Waals surface area contributed by atoms with Crippen LogP contribution in [0.5, 0.6) is 0 Å². The van der Waals surface area contributed by atoms with Crippen molar-refractivity contribution >= 4 is 45.1 Å². The summed E-state index contributed by atoms with van der Waals surface area (Å²) in [6, 6.07) is 15.4. The second kappa shape index (κ2) is 10.7. The Labute approximate surface area is 225 Å². The number of ether oxygens (including phenoxy) is 3. The van der Waals surface area contributed by atoms with Crippen LogP contribution in [-0.4, -0.2) is 53.4 Å². The molecule has 1 saturated heterocycles. The molecule has 3 aromatic carbocycles. The third-order valence-electron chi connectivity index (χ3n) is 7.27. The molecule has 0 radical (unpaired) electrons. The van der Waals surface area contributed by atoms with E-state index in [0.717, 1.165) is 32.7 Å². The smallest absolute Gasteiger partial charge is 0.457 e. The van der Waals surface area contributed by atoms with Crippen LogP contribution in [0, 0.1) is 5.92 Å². The van der Waals surface area contributed by atoms with Crippen molar-refractivity contribution in [2.45, 2.75) is 32.1 Å². The van der Waals surface area contributed by atoms with E-state index in [1.807, 2.05) is 48.5 Å². The zero-order valence-electron chi connectivity index (χ0n) is 21.6. The van der Waals surface area contributed by atoms with Crippen LogP contribution in [0.4, 0.5) is 4.79 Å². The molecule has 0 spiro atoms. The van der Waals surface area contributed by atoms with E-state index in [0.29, 0.717) is 12.0 Å². The lowest BCUT2D eigenvalue weighted by molar-refractivity contribution is -0.162. The number of fused-ring (bicyclic) bond motifs is 4. The van der Waals surface area contributed by atoms with Crippen molar-refractivity contribution in [1.29, 1.82) is 0 Å². The summed E-state index contributed by atoms with van der Waals surface area (Å²) in [6.45, 7) is 8.71. The summed E-state index contributed by atoms with van der Waals surface area (Å²) in [5.41, 5.74) is 2.51. The number of nitrogens with zero attached hydrogens (tertiary/aromatic N) is 1. The van der Waals surface area contributed by atoms with E-state index in [2.05, 4.69) is 13.2 Å². The topological polar surface area (TPSA) is 102 Å². The maximum Gasteiger partial charge on any atom is 0.508 e. The first-order valence-corrected chi connectivity index (χ1v) is 12.7. The Hall–Kier alpha value is -4.43. The molecule has 8 nitrogen and oxygen atoms in total. The molecule has 3 aromatic rings. The van der Waals surface area contributed by atoms with Crippen LogP contribution in [0.1, 0.15) is 24.5 Å². The highest BCUT2D eigenvalue weighted by Gasteiger charge is 2.58. The number of β-lactam (4-membered cyclic amide) rings is 1. The highest BCUT2D eigenvalue weighted by Crippen LogP contribution is 2.48. The largest absolute Gasteiger partial charge is 0.508 e. The molecule has 0 bridgehead atoms. The first-order chi connectivity index (χ1) is 18.9. The van der Waals surface area contributed by atoms with Crippen LogP contribution < -0.4 is 0 Å². The van der Waals surface area contributed by atoms with Crippen molar-refractivity contribution in [2.75, 3.05) is 13.2 Å². The van der Waals surface area contributed by atoms with Crippen molar-refractivity contribution in [1.82, 2.24) is 4.90 Å². The number of carbonyl (C=O) groups excluding carboxylic acids is 3. The SMILES string of the molecule is C=CCOC(=O)O[C@H](C)[C@H]1C(=O)N2C(C(=O)OCC=C)=C(c3ccc4ccc5cc(CO)ccc5c4c3)C[C@H]12. The van der Waals surface area contributed by atoms with Gasteiger partial charge in [-0.15, -0.1) is 0 Å². The number of amides is 1. The van der Waals surface area contributed by atoms with Gasteiger partial charge < -0.3 is 24.2 Å². The van der Waals surface area contributed by atoms with Gasteiger partial charge >= 0.3 is 12.1 Å². The Morgan fingerprint density at radius 1 is 1.03 bits per heavy atom. The van der Waals surface area contributed by atoms with E-state index in [1.165, 1.54) is 17.1 Å². The van der Waals surface area contributed by atoms with E-state index in [1.54, 1.807) is 6.92 Å². The summed E-state index contributed by atoms with van der Waals surface area (Å²) in [4.78, 5) is 39.9. The number of aliphatic hydroxyl groups excluding tert-OH is 1. The van der Waals surface area contributed by atoms with Gasteiger partial charge in [-0.25, -0.2) is 9.59 Å². The van der Waals surface area contributed by atoms with Gasteiger partial charge in [0, 0.05) is 0 Å². The third kappa shape index (κ3) is 4.68. The summed E-state index contributed by atoms with van der Waals surface area (Å²) in [5.74, 6) is -1.55. The number of rotatable bonds is 9. The summed E-state index contributed by atoms with van der Waals surface area (Å²) in [6.07, 6.45) is 1.67. The Morgan fingerprint density at radius 2 is 1.74 bits per heavy atom. The molecule has 0 aromatic heterocycles. The number of aliphatic hydroxyl groups is 1. The van der Waals surface area contributed by atoms with Gasteiger partial charge in [0.05, 0.1) is 18.6 Å². The minimum atomic E-state index is -0.879. The molecule has 5 rings (SSSR count). The molecule has 39 heavy (non-hydrogen) atoms.